The molecule has 32 heavy (non-hydrogen) atoms. The molecule has 8 nitrogen and oxygen atoms in total. The first-order valence-electron chi connectivity index (χ1n) is 10.7. The second-order valence-corrected chi connectivity index (χ2v) is 7.94. The van der Waals surface area contributed by atoms with Crippen LogP contribution in [-0.4, -0.2) is 31.1 Å². The predicted molar refractivity (Wildman–Crippen MR) is 115 cm³/mol. The van der Waals surface area contributed by atoms with Gasteiger partial charge in [0, 0.05) is 30.7 Å². The summed E-state index contributed by atoms with van der Waals surface area (Å²) in [5.41, 5.74) is 1.31. The fraction of sp³-hybridized carbons (Fsp3) is 0.333. The van der Waals surface area contributed by atoms with Crippen LogP contribution in [0.5, 0.6) is 23.0 Å². The smallest absolute Gasteiger partial charge is 0.331 e. The molecule has 2 aromatic rings. The van der Waals surface area contributed by atoms with E-state index < -0.39 is 24.3 Å². The zero-order valence-corrected chi connectivity index (χ0v) is 17.4. The molecule has 0 atom stereocenters. The number of ether oxygens (including phenoxy) is 5. The molecule has 2 heterocycles. The largest absolute Gasteiger partial charge is 0.454 e. The summed E-state index contributed by atoms with van der Waals surface area (Å²) in [5.74, 6) is 0.960. The first-order chi connectivity index (χ1) is 15.6. The number of fused-ring (bicyclic) bond motifs is 2. The summed E-state index contributed by atoms with van der Waals surface area (Å²) >= 11 is 0. The standard InChI is InChI=1S/C24H23NO7/c26-22(14-28-23(27)9-5-16-4-7-18-20(12-16)30-15-29-18)25-17-6-8-19-21(13-17)32-24(31-19)10-2-1-3-11-24/h4-9,12-13H,1-3,10-11,14-15H2,(H,25,26). The number of nitrogens with one attached hydrogen (secondary N) is 1. The summed E-state index contributed by atoms with van der Waals surface area (Å²) in [5, 5.41) is 2.71. The van der Waals surface area contributed by atoms with Crippen LogP contribution >= 0.6 is 0 Å². The molecule has 1 aliphatic carbocycles. The summed E-state index contributed by atoms with van der Waals surface area (Å²) in [6, 6.07) is 10.6. The minimum atomic E-state index is -0.622. The SMILES string of the molecule is O=C(COC(=O)C=Cc1ccc2c(c1)OCO2)Nc1ccc2c(c1)OC1(CCCCC1)O2. The van der Waals surface area contributed by atoms with Gasteiger partial charge in [0.1, 0.15) is 0 Å². The molecule has 166 valence electrons. The number of anilines is 1. The van der Waals surface area contributed by atoms with Gasteiger partial charge in [-0.2, -0.15) is 0 Å². The molecule has 1 N–H and O–H groups in total. The van der Waals surface area contributed by atoms with Crippen molar-refractivity contribution in [2.45, 2.75) is 37.9 Å². The van der Waals surface area contributed by atoms with E-state index >= 15 is 0 Å². The highest BCUT2D eigenvalue weighted by Crippen LogP contribution is 2.46. The first-order valence-corrected chi connectivity index (χ1v) is 10.7. The third kappa shape index (κ3) is 4.34. The fourth-order valence-electron chi connectivity index (χ4n) is 4.03. The van der Waals surface area contributed by atoms with Crippen LogP contribution < -0.4 is 24.3 Å². The van der Waals surface area contributed by atoms with Gasteiger partial charge in [-0.1, -0.05) is 12.5 Å². The Bertz CT molecular complexity index is 1070. The molecule has 5 rings (SSSR count). The van der Waals surface area contributed by atoms with Gasteiger partial charge in [-0.3, -0.25) is 4.79 Å². The molecule has 0 aromatic heterocycles. The lowest BCUT2D eigenvalue weighted by molar-refractivity contribution is -0.142. The Morgan fingerprint density at radius 3 is 2.59 bits per heavy atom. The number of benzene rings is 2. The van der Waals surface area contributed by atoms with Crippen LogP contribution in [0.1, 0.15) is 37.7 Å². The Kier molecular flexibility index (Phi) is 5.34. The van der Waals surface area contributed by atoms with Gasteiger partial charge in [0.2, 0.25) is 6.79 Å². The van der Waals surface area contributed by atoms with Gasteiger partial charge in [0.15, 0.2) is 29.6 Å². The lowest BCUT2D eigenvalue weighted by atomic mass is 9.94. The van der Waals surface area contributed by atoms with Crippen LogP contribution in [0.2, 0.25) is 0 Å². The van der Waals surface area contributed by atoms with Crippen LogP contribution in [0.15, 0.2) is 42.5 Å². The van der Waals surface area contributed by atoms with E-state index in [1.54, 1.807) is 42.5 Å². The zero-order valence-electron chi connectivity index (χ0n) is 17.4. The topological polar surface area (TPSA) is 92.3 Å². The van der Waals surface area contributed by atoms with Gasteiger partial charge < -0.3 is 29.0 Å². The van der Waals surface area contributed by atoms with Crippen LogP contribution in [0, 0.1) is 0 Å². The number of hydrogen-bond acceptors (Lipinski definition) is 7. The van der Waals surface area contributed by atoms with Gasteiger partial charge in [-0.05, 0) is 48.7 Å². The highest BCUT2D eigenvalue weighted by Gasteiger charge is 2.42. The third-order valence-electron chi connectivity index (χ3n) is 5.59. The fourth-order valence-corrected chi connectivity index (χ4v) is 4.03. The highest BCUT2D eigenvalue weighted by molar-refractivity contribution is 5.95. The number of rotatable bonds is 5. The summed E-state index contributed by atoms with van der Waals surface area (Å²) in [7, 11) is 0. The molecular weight excluding hydrogens is 414 g/mol. The van der Waals surface area contributed by atoms with Crippen LogP contribution in [0.4, 0.5) is 5.69 Å². The molecule has 0 radical (unpaired) electrons. The lowest BCUT2D eigenvalue weighted by Gasteiger charge is -2.31. The molecule has 3 aliphatic rings. The van der Waals surface area contributed by atoms with Crippen molar-refractivity contribution >= 4 is 23.6 Å². The highest BCUT2D eigenvalue weighted by atomic mass is 16.7. The van der Waals surface area contributed by atoms with Crippen molar-refractivity contribution in [1.82, 2.24) is 0 Å². The van der Waals surface area contributed by atoms with Crippen molar-refractivity contribution in [3.8, 4) is 23.0 Å². The van der Waals surface area contributed by atoms with E-state index in [1.165, 1.54) is 12.5 Å². The minimum Gasteiger partial charge on any atom is -0.454 e. The molecule has 0 bridgehead atoms. The zero-order chi connectivity index (χ0) is 22.0. The van der Waals surface area contributed by atoms with Crippen LogP contribution in [0.3, 0.4) is 0 Å². The Morgan fingerprint density at radius 2 is 1.72 bits per heavy atom. The van der Waals surface area contributed by atoms with Crippen molar-refractivity contribution in [1.29, 1.82) is 0 Å². The van der Waals surface area contributed by atoms with Gasteiger partial charge in [0.25, 0.3) is 11.7 Å². The molecule has 1 saturated carbocycles. The second-order valence-electron chi connectivity index (χ2n) is 7.94. The predicted octanol–water partition coefficient (Wildman–Crippen LogP) is 4.04. The van der Waals surface area contributed by atoms with Gasteiger partial charge >= 0.3 is 5.97 Å². The average Bonchev–Trinajstić information content (AvgIpc) is 3.40. The molecule has 0 unspecified atom stereocenters. The normalized spacial score (nSPS) is 17.5. The quantitative estimate of drug-likeness (QED) is 0.557. The molecule has 1 amide bonds. The van der Waals surface area contributed by atoms with E-state index in [4.69, 9.17) is 23.7 Å². The van der Waals surface area contributed by atoms with Crippen LogP contribution in [-0.2, 0) is 14.3 Å². The number of esters is 1. The second kappa shape index (κ2) is 8.45. The Morgan fingerprint density at radius 1 is 0.938 bits per heavy atom. The van der Waals surface area contributed by atoms with E-state index in [1.807, 2.05) is 0 Å². The van der Waals surface area contributed by atoms with E-state index in [9.17, 15) is 9.59 Å². The number of carbonyl (C=O) groups is 2. The van der Waals surface area contributed by atoms with Gasteiger partial charge in [-0.25, -0.2) is 4.79 Å². The maximum absolute atomic E-state index is 12.2. The van der Waals surface area contributed by atoms with Gasteiger partial charge in [-0.15, -0.1) is 0 Å². The summed E-state index contributed by atoms with van der Waals surface area (Å²) in [6.45, 7) is -0.216. The van der Waals surface area contributed by atoms with E-state index in [2.05, 4.69) is 5.32 Å². The number of amides is 1. The molecule has 0 saturated heterocycles. The van der Waals surface area contributed by atoms with Gasteiger partial charge in [0.05, 0.1) is 0 Å². The van der Waals surface area contributed by atoms with E-state index in [0.29, 0.717) is 28.7 Å². The monoisotopic (exact) mass is 437 g/mol. The van der Waals surface area contributed by atoms with Crippen molar-refractivity contribution in [2.75, 3.05) is 18.7 Å². The Hall–Kier alpha value is -3.68. The molecule has 8 heteroatoms. The molecular formula is C24H23NO7. The van der Waals surface area contributed by atoms with Crippen molar-refractivity contribution < 1.29 is 33.3 Å². The van der Waals surface area contributed by atoms with Crippen LogP contribution in [0.25, 0.3) is 6.08 Å². The van der Waals surface area contributed by atoms with Crippen molar-refractivity contribution in [2.24, 2.45) is 0 Å². The molecule has 2 aliphatic heterocycles. The summed E-state index contributed by atoms with van der Waals surface area (Å²) < 4.78 is 27.7. The van der Waals surface area contributed by atoms with Crippen molar-refractivity contribution in [3.63, 3.8) is 0 Å². The maximum atomic E-state index is 12.2. The summed E-state index contributed by atoms with van der Waals surface area (Å²) in [4.78, 5) is 24.1. The number of hydrogen-bond donors (Lipinski definition) is 1. The molecule has 1 fully saturated rings. The molecule has 2 aromatic carbocycles. The lowest BCUT2D eigenvalue weighted by Crippen LogP contribution is -2.40. The third-order valence-corrected chi connectivity index (χ3v) is 5.59. The van der Waals surface area contributed by atoms with Crippen molar-refractivity contribution in [3.05, 3.63) is 48.0 Å². The molecule has 1 spiro atoms. The minimum absolute atomic E-state index is 0.184. The Balaban J connectivity index is 1.12. The average molecular weight is 437 g/mol. The first kappa shape index (κ1) is 20.2. The van der Waals surface area contributed by atoms with E-state index in [0.717, 1.165) is 31.2 Å². The number of carbonyl (C=O) groups excluding carboxylic acids is 2. The Labute approximate surface area is 185 Å². The maximum Gasteiger partial charge on any atom is 0.331 e. The summed E-state index contributed by atoms with van der Waals surface area (Å²) in [6.07, 6.45) is 7.91. The van der Waals surface area contributed by atoms with E-state index in [-0.39, 0.29) is 6.79 Å².